The van der Waals surface area contributed by atoms with Crippen molar-refractivity contribution in [2.24, 2.45) is 5.92 Å². The van der Waals surface area contributed by atoms with Gasteiger partial charge in [-0.2, -0.15) is 0 Å². The molecule has 6 nitrogen and oxygen atoms in total. The minimum absolute atomic E-state index is 0.0783. The van der Waals surface area contributed by atoms with Crippen LogP contribution in [0, 0.1) is 5.92 Å². The molecule has 2 N–H and O–H groups in total. The number of nitrogens with one attached hydrogen (secondary N) is 2. The van der Waals surface area contributed by atoms with Crippen molar-refractivity contribution in [3.8, 4) is 11.5 Å². The third kappa shape index (κ3) is 6.48. The van der Waals surface area contributed by atoms with Crippen LogP contribution in [0.3, 0.4) is 0 Å². The van der Waals surface area contributed by atoms with E-state index in [-0.39, 0.29) is 23.1 Å². The highest BCUT2D eigenvalue weighted by molar-refractivity contribution is 6.02. The summed E-state index contributed by atoms with van der Waals surface area (Å²) in [5.74, 6) is 0.555. The summed E-state index contributed by atoms with van der Waals surface area (Å²) in [6.07, 6.45) is 0. The first-order valence-electron chi connectivity index (χ1n) is 10.6. The number of hydrogen-bond donors (Lipinski definition) is 2. The number of ether oxygens (including phenoxy) is 2. The Kier molecular flexibility index (Phi) is 8.08. The lowest BCUT2D eigenvalue weighted by Crippen LogP contribution is -2.47. The summed E-state index contributed by atoms with van der Waals surface area (Å²) in [4.78, 5) is 25.8. The van der Waals surface area contributed by atoms with Crippen molar-refractivity contribution < 1.29 is 19.1 Å². The van der Waals surface area contributed by atoms with E-state index in [1.165, 1.54) is 0 Å². The van der Waals surface area contributed by atoms with Crippen LogP contribution in [0.15, 0.2) is 42.5 Å². The Morgan fingerprint density at radius 1 is 1.03 bits per heavy atom. The molecule has 0 radical (unpaired) electrons. The SMILES string of the molecule is CCOc1ccc(C(=O)N[C@H](C(=O)Nc2cc(C(C)(C)C)ccc2OC)C(C)C)cc1. The van der Waals surface area contributed by atoms with Gasteiger partial charge < -0.3 is 20.1 Å². The van der Waals surface area contributed by atoms with E-state index in [0.29, 0.717) is 29.4 Å². The Morgan fingerprint density at radius 3 is 2.19 bits per heavy atom. The zero-order valence-electron chi connectivity index (χ0n) is 19.5. The van der Waals surface area contributed by atoms with Crippen LogP contribution in [-0.4, -0.2) is 31.6 Å². The highest BCUT2D eigenvalue weighted by atomic mass is 16.5. The normalized spacial score (nSPS) is 12.3. The molecular weight excluding hydrogens is 392 g/mol. The lowest BCUT2D eigenvalue weighted by Gasteiger charge is -2.24. The maximum absolute atomic E-state index is 13.1. The van der Waals surface area contributed by atoms with Crippen LogP contribution in [0.1, 0.15) is 57.5 Å². The first-order chi connectivity index (χ1) is 14.6. The minimum atomic E-state index is -0.706. The molecule has 0 bridgehead atoms. The van der Waals surface area contributed by atoms with E-state index >= 15 is 0 Å². The van der Waals surface area contributed by atoms with Crippen molar-refractivity contribution in [1.82, 2.24) is 5.32 Å². The van der Waals surface area contributed by atoms with Gasteiger partial charge in [-0.05, 0) is 60.2 Å². The molecule has 6 heteroatoms. The van der Waals surface area contributed by atoms with Crippen LogP contribution in [0.25, 0.3) is 0 Å². The molecule has 2 aromatic carbocycles. The number of benzene rings is 2. The van der Waals surface area contributed by atoms with Crippen LogP contribution < -0.4 is 20.1 Å². The molecule has 0 unspecified atom stereocenters. The number of methoxy groups -OCH3 is 1. The Labute approximate surface area is 185 Å². The summed E-state index contributed by atoms with van der Waals surface area (Å²) < 4.78 is 10.8. The van der Waals surface area contributed by atoms with Gasteiger partial charge in [-0.1, -0.05) is 40.7 Å². The molecule has 0 aliphatic carbocycles. The molecular formula is C25H34N2O4. The summed E-state index contributed by atoms with van der Waals surface area (Å²) in [5, 5.41) is 5.79. The molecule has 0 saturated heterocycles. The predicted octanol–water partition coefficient (Wildman–Crippen LogP) is 4.78. The summed E-state index contributed by atoms with van der Waals surface area (Å²) in [6.45, 7) is 12.6. The van der Waals surface area contributed by atoms with E-state index in [9.17, 15) is 9.59 Å². The Hall–Kier alpha value is -3.02. The van der Waals surface area contributed by atoms with Gasteiger partial charge in [-0.25, -0.2) is 0 Å². The Morgan fingerprint density at radius 2 is 1.68 bits per heavy atom. The van der Waals surface area contributed by atoms with Crippen molar-refractivity contribution in [2.45, 2.75) is 53.0 Å². The molecule has 1 atom stereocenters. The lowest BCUT2D eigenvalue weighted by molar-refractivity contribution is -0.118. The van der Waals surface area contributed by atoms with E-state index in [4.69, 9.17) is 9.47 Å². The third-order valence-electron chi connectivity index (χ3n) is 4.99. The standard InChI is InChI=1S/C25H34N2O4/c1-8-31-19-12-9-17(10-13-19)23(28)27-22(16(2)3)24(29)26-20-15-18(25(4,5)6)11-14-21(20)30-7/h9-16,22H,8H2,1-7H3,(H,26,29)(H,27,28)/t22-/m0/s1. The number of rotatable bonds is 8. The zero-order valence-corrected chi connectivity index (χ0v) is 19.5. The molecule has 2 aromatic rings. The minimum Gasteiger partial charge on any atom is -0.495 e. The topological polar surface area (TPSA) is 76.7 Å². The largest absolute Gasteiger partial charge is 0.495 e. The van der Waals surface area contributed by atoms with E-state index < -0.39 is 6.04 Å². The van der Waals surface area contributed by atoms with E-state index in [2.05, 4.69) is 31.4 Å². The van der Waals surface area contributed by atoms with Crippen molar-refractivity contribution >= 4 is 17.5 Å². The van der Waals surface area contributed by atoms with Gasteiger partial charge in [0, 0.05) is 5.56 Å². The van der Waals surface area contributed by atoms with Gasteiger partial charge >= 0.3 is 0 Å². The van der Waals surface area contributed by atoms with Crippen molar-refractivity contribution in [1.29, 1.82) is 0 Å². The van der Waals surface area contributed by atoms with Gasteiger partial charge in [-0.15, -0.1) is 0 Å². The fourth-order valence-electron chi connectivity index (χ4n) is 3.11. The number of hydrogen-bond acceptors (Lipinski definition) is 4. The van der Waals surface area contributed by atoms with E-state index in [1.54, 1.807) is 31.4 Å². The van der Waals surface area contributed by atoms with Gasteiger partial charge in [0.25, 0.3) is 5.91 Å². The van der Waals surface area contributed by atoms with Crippen LogP contribution in [0.4, 0.5) is 5.69 Å². The molecule has 168 valence electrons. The highest BCUT2D eigenvalue weighted by Crippen LogP contribution is 2.31. The maximum atomic E-state index is 13.1. The number of anilines is 1. The average Bonchev–Trinajstić information content (AvgIpc) is 2.71. The summed E-state index contributed by atoms with van der Waals surface area (Å²) in [5.41, 5.74) is 2.05. The second-order valence-electron chi connectivity index (χ2n) is 8.81. The third-order valence-corrected chi connectivity index (χ3v) is 4.99. The van der Waals surface area contributed by atoms with E-state index in [0.717, 1.165) is 5.56 Å². The van der Waals surface area contributed by atoms with Crippen molar-refractivity contribution in [2.75, 3.05) is 19.0 Å². The fraction of sp³-hybridized carbons (Fsp3) is 0.440. The van der Waals surface area contributed by atoms with Gasteiger partial charge in [-0.3, -0.25) is 9.59 Å². The van der Waals surface area contributed by atoms with Crippen LogP contribution in [-0.2, 0) is 10.2 Å². The number of carbonyl (C=O) groups excluding carboxylic acids is 2. The van der Waals surface area contributed by atoms with Crippen LogP contribution in [0.2, 0.25) is 0 Å². The van der Waals surface area contributed by atoms with Gasteiger partial charge in [0.15, 0.2) is 0 Å². The molecule has 2 rings (SSSR count). The fourth-order valence-corrected chi connectivity index (χ4v) is 3.11. The Balaban J connectivity index is 2.20. The maximum Gasteiger partial charge on any atom is 0.251 e. The summed E-state index contributed by atoms with van der Waals surface area (Å²) in [7, 11) is 1.56. The summed E-state index contributed by atoms with van der Waals surface area (Å²) in [6, 6.07) is 11.9. The van der Waals surface area contributed by atoms with Gasteiger partial charge in [0.05, 0.1) is 19.4 Å². The second kappa shape index (κ2) is 10.3. The quantitative estimate of drug-likeness (QED) is 0.637. The zero-order chi connectivity index (χ0) is 23.2. The second-order valence-corrected chi connectivity index (χ2v) is 8.81. The molecule has 0 aliphatic rings. The molecule has 0 aliphatic heterocycles. The molecule has 0 fully saturated rings. The predicted molar refractivity (Wildman–Crippen MR) is 124 cm³/mol. The molecule has 0 saturated carbocycles. The number of amides is 2. The highest BCUT2D eigenvalue weighted by Gasteiger charge is 2.26. The first-order valence-corrected chi connectivity index (χ1v) is 10.6. The molecule has 0 heterocycles. The first kappa shape index (κ1) is 24.3. The van der Waals surface area contributed by atoms with Gasteiger partial charge in [0.1, 0.15) is 17.5 Å². The van der Waals surface area contributed by atoms with Crippen LogP contribution in [0.5, 0.6) is 11.5 Å². The summed E-state index contributed by atoms with van der Waals surface area (Å²) >= 11 is 0. The van der Waals surface area contributed by atoms with Crippen molar-refractivity contribution in [3.63, 3.8) is 0 Å². The molecule has 2 amide bonds. The molecule has 0 aromatic heterocycles. The van der Waals surface area contributed by atoms with E-state index in [1.807, 2.05) is 39.0 Å². The Bertz CT molecular complexity index is 899. The molecule has 31 heavy (non-hydrogen) atoms. The number of carbonyl (C=O) groups is 2. The average molecular weight is 427 g/mol. The molecule has 0 spiro atoms. The van der Waals surface area contributed by atoms with Crippen LogP contribution >= 0.6 is 0 Å². The van der Waals surface area contributed by atoms with Crippen molar-refractivity contribution in [3.05, 3.63) is 53.6 Å². The van der Waals surface area contributed by atoms with Gasteiger partial charge in [0.2, 0.25) is 5.91 Å². The lowest BCUT2D eigenvalue weighted by atomic mass is 9.86. The monoisotopic (exact) mass is 426 g/mol. The smallest absolute Gasteiger partial charge is 0.251 e.